The molecule has 0 saturated carbocycles. The maximum Gasteiger partial charge on any atom is 0.275 e. The highest BCUT2D eigenvalue weighted by molar-refractivity contribution is 5.96. The molecule has 184 valence electrons. The SMILES string of the molecule is CC(C)C[C@@H](C(=O)NN(CC(C)C)C(=O)c1ccoc1)[C@H](CC=Cc1ccccc1)C(=O)NO. The van der Waals surface area contributed by atoms with Crippen LogP contribution in [0.15, 0.2) is 59.4 Å². The molecule has 2 aromatic rings. The summed E-state index contributed by atoms with van der Waals surface area (Å²) in [6.07, 6.45) is 7.05. The van der Waals surface area contributed by atoms with Gasteiger partial charge in [-0.15, -0.1) is 0 Å². The quantitative estimate of drug-likeness (QED) is 0.336. The smallest absolute Gasteiger partial charge is 0.275 e. The number of nitrogens with zero attached hydrogens (tertiary/aromatic N) is 1. The Labute approximate surface area is 200 Å². The van der Waals surface area contributed by atoms with Gasteiger partial charge in [-0.3, -0.25) is 25.0 Å². The highest BCUT2D eigenvalue weighted by Crippen LogP contribution is 2.26. The molecule has 0 aliphatic heterocycles. The zero-order valence-corrected chi connectivity index (χ0v) is 20.2. The largest absolute Gasteiger partial charge is 0.472 e. The van der Waals surface area contributed by atoms with Crippen molar-refractivity contribution in [1.82, 2.24) is 15.9 Å². The first-order valence-electron chi connectivity index (χ1n) is 11.5. The van der Waals surface area contributed by atoms with E-state index >= 15 is 0 Å². The molecule has 0 unspecified atom stereocenters. The molecule has 8 heteroatoms. The number of furan rings is 1. The van der Waals surface area contributed by atoms with Crippen LogP contribution in [-0.4, -0.2) is 34.5 Å². The van der Waals surface area contributed by atoms with E-state index in [1.165, 1.54) is 23.6 Å². The van der Waals surface area contributed by atoms with Crippen LogP contribution in [-0.2, 0) is 9.59 Å². The highest BCUT2D eigenvalue weighted by atomic mass is 16.5. The number of benzene rings is 1. The van der Waals surface area contributed by atoms with Crippen molar-refractivity contribution in [1.29, 1.82) is 0 Å². The fourth-order valence-electron chi connectivity index (χ4n) is 3.72. The lowest BCUT2D eigenvalue weighted by atomic mass is 9.82. The Bertz CT molecular complexity index is 939. The molecule has 0 aliphatic carbocycles. The van der Waals surface area contributed by atoms with Crippen molar-refractivity contribution in [3.05, 3.63) is 66.1 Å². The number of hydrogen-bond acceptors (Lipinski definition) is 5. The van der Waals surface area contributed by atoms with E-state index in [2.05, 4.69) is 5.43 Å². The summed E-state index contributed by atoms with van der Waals surface area (Å²) in [5, 5.41) is 10.6. The molecule has 0 radical (unpaired) electrons. The molecule has 8 nitrogen and oxygen atoms in total. The van der Waals surface area contributed by atoms with Crippen LogP contribution in [0.1, 0.15) is 56.5 Å². The van der Waals surface area contributed by atoms with Gasteiger partial charge in [0, 0.05) is 6.54 Å². The molecule has 2 rings (SSSR count). The number of allylic oxidation sites excluding steroid dienone is 1. The average Bonchev–Trinajstić information content (AvgIpc) is 3.34. The first-order valence-corrected chi connectivity index (χ1v) is 11.5. The fraction of sp³-hybridized carbons (Fsp3) is 0.423. The molecule has 2 atom stereocenters. The predicted molar refractivity (Wildman–Crippen MR) is 129 cm³/mol. The first kappa shape index (κ1) is 26.9. The fourth-order valence-corrected chi connectivity index (χ4v) is 3.72. The third kappa shape index (κ3) is 8.19. The van der Waals surface area contributed by atoms with Crippen LogP contribution in [0.5, 0.6) is 0 Å². The Balaban J connectivity index is 2.27. The van der Waals surface area contributed by atoms with Gasteiger partial charge in [0.1, 0.15) is 6.26 Å². The molecule has 3 N–H and O–H groups in total. The normalized spacial score (nSPS) is 13.1. The lowest BCUT2D eigenvalue weighted by Gasteiger charge is -2.30. The molecular weight excluding hydrogens is 434 g/mol. The van der Waals surface area contributed by atoms with Crippen LogP contribution in [0.4, 0.5) is 0 Å². The van der Waals surface area contributed by atoms with Gasteiger partial charge in [-0.1, -0.05) is 70.2 Å². The molecule has 0 fully saturated rings. The number of rotatable bonds is 11. The van der Waals surface area contributed by atoms with Crippen molar-refractivity contribution in [2.75, 3.05) is 6.54 Å². The standard InChI is InChI=1S/C26H35N3O5/c1-18(2)15-23(22(25(31)28-33)12-8-11-20-9-6-5-7-10-20)24(30)27-29(16-19(3)4)26(32)21-13-14-34-17-21/h5-11,13-14,17-19,22-23,33H,12,15-16H2,1-4H3,(H,27,30)(H,28,31)/t22-,23+/m0/s1. The molecule has 0 bridgehead atoms. The number of hydroxylamine groups is 1. The third-order valence-electron chi connectivity index (χ3n) is 5.30. The van der Waals surface area contributed by atoms with Gasteiger partial charge in [0.2, 0.25) is 11.8 Å². The van der Waals surface area contributed by atoms with Crippen molar-refractivity contribution in [3.63, 3.8) is 0 Å². The molecule has 1 aromatic heterocycles. The van der Waals surface area contributed by atoms with Crippen molar-refractivity contribution < 1.29 is 24.0 Å². The summed E-state index contributed by atoms with van der Waals surface area (Å²) >= 11 is 0. The van der Waals surface area contributed by atoms with E-state index in [-0.39, 0.29) is 24.8 Å². The lowest BCUT2D eigenvalue weighted by Crippen LogP contribution is -2.52. The molecule has 1 heterocycles. The number of amides is 3. The molecule has 3 amide bonds. The minimum Gasteiger partial charge on any atom is -0.472 e. The molecule has 0 spiro atoms. The number of hydrogen-bond donors (Lipinski definition) is 3. The minimum absolute atomic E-state index is 0.0880. The summed E-state index contributed by atoms with van der Waals surface area (Å²) in [5.41, 5.74) is 5.71. The van der Waals surface area contributed by atoms with Crippen molar-refractivity contribution in [2.45, 2.75) is 40.5 Å². The molecule has 0 aliphatic rings. The molecule has 1 aromatic carbocycles. The summed E-state index contributed by atoms with van der Waals surface area (Å²) in [6.45, 7) is 8.07. The van der Waals surface area contributed by atoms with Crippen LogP contribution >= 0.6 is 0 Å². The minimum atomic E-state index is -0.822. The Morgan fingerprint density at radius 2 is 1.71 bits per heavy atom. The second-order valence-corrected chi connectivity index (χ2v) is 9.17. The van der Waals surface area contributed by atoms with Gasteiger partial charge >= 0.3 is 0 Å². The average molecular weight is 470 g/mol. The molecule has 34 heavy (non-hydrogen) atoms. The third-order valence-corrected chi connectivity index (χ3v) is 5.30. The van der Waals surface area contributed by atoms with E-state index < -0.39 is 29.6 Å². The van der Waals surface area contributed by atoms with Crippen LogP contribution in [0, 0.1) is 23.7 Å². The summed E-state index contributed by atoms with van der Waals surface area (Å²) in [4.78, 5) is 39.0. The summed E-state index contributed by atoms with van der Waals surface area (Å²) in [5.74, 6) is -2.89. The predicted octanol–water partition coefficient (Wildman–Crippen LogP) is 4.30. The monoisotopic (exact) mass is 469 g/mol. The van der Waals surface area contributed by atoms with Crippen LogP contribution < -0.4 is 10.9 Å². The summed E-state index contributed by atoms with van der Waals surface area (Å²) in [7, 11) is 0. The van der Waals surface area contributed by atoms with Crippen molar-refractivity contribution in [3.8, 4) is 0 Å². The number of carbonyl (C=O) groups is 3. The van der Waals surface area contributed by atoms with Gasteiger partial charge in [0.25, 0.3) is 5.91 Å². The van der Waals surface area contributed by atoms with Crippen molar-refractivity contribution in [2.24, 2.45) is 23.7 Å². The first-order chi connectivity index (χ1) is 16.2. The highest BCUT2D eigenvalue weighted by Gasteiger charge is 2.35. The molecule has 0 saturated heterocycles. The zero-order chi connectivity index (χ0) is 25.1. The Morgan fingerprint density at radius 3 is 2.26 bits per heavy atom. The summed E-state index contributed by atoms with van der Waals surface area (Å²) in [6, 6.07) is 11.1. The zero-order valence-electron chi connectivity index (χ0n) is 20.2. The maximum absolute atomic E-state index is 13.4. The van der Waals surface area contributed by atoms with Crippen molar-refractivity contribution >= 4 is 23.8 Å². The number of carbonyl (C=O) groups excluding carboxylic acids is 3. The topological polar surface area (TPSA) is 112 Å². The van der Waals surface area contributed by atoms with E-state index in [1.54, 1.807) is 5.48 Å². The molecular formula is C26H35N3O5. The van der Waals surface area contributed by atoms with E-state index in [0.717, 1.165) is 5.56 Å². The van der Waals surface area contributed by atoms with Crippen LogP contribution in [0.3, 0.4) is 0 Å². The number of nitrogens with one attached hydrogen (secondary N) is 2. The second kappa shape index (κ2) is 13.3. The van der Waals surface area contributed by atoms with Gasteiger partial charge in [0.05, 0.1) is 23.7 Å². The summed E-state index contributed by atoms with van der Waals surface area (Å²) < 4.78 is 5.01. The van der Waals surface area contributed by atoms with Crippen LogP contribution in [0.25, 0.3) is 6.08 Å². The Kier molecular flexibility index (Phi) is 10.5. The Hall–Kier alpha value is -3.39. The van der Waals surface area contributed by atoms with Crippen LogP contribution in [0.2, 0.25) is 0 Å². The van der Waals surface area contributed by atoms with Gasteiger partial charge in [-0.25, -0.2) is 10.5 Å². The van der Waals surface area contributed by atoms with E-state index in [1.807, 2.05) is 70.2 Å². The van der Waals surface area contributed by atoms with E-state index in [4.69, 9.17) is 4.42 Å². The van der Waals surface area contributed by atoms with Gasteiger partial charge in [0.15, 0.2) is 0 Å². The van der Waals surface area contributed by atoms with Gasteiger partial charge < -0.3 is 4.42 Å². The van der Waals surface area contributed by atoms with Gasteiger partial charge in [-0.2, -0.15) is 0 Å². The lowest BCUT2D eigenvalue weighted by molar-refractivity contribution is -0.142. The van der Waals surface area contributed by atoms with E-state index in [9.17, 15) is 19.6 Å². The maximum atomic E-state index is 13.4. The number of hydrazine groups is 1. The second-order valence-electron chi connectivity index (χ2n) is 9.17. The van der Waals surface area contributed by atoms with E-state index in [0.29, 0.717) is 12.0 Å². The Morgan fingerprint density at radius 1 is 1.00 bits per heavy atom. The van der Waals surface area contributed by atoms with Gasteiger partial charge in [-0.05, 0) is 36.3 Å².